The van der Waals surface area contributed by atoms with Gasteiger partial charge in [0.2, 0.25) is 0 Å². The van der Waals surface area contributed by atoms with E-state index in [-0.39, 0.29) is 12.1 Å². The maximum atomic E-state index is 11.7. The molecule has 2 rings (SSSR count). The van der Waals surface area contributed by atoms with Crippen molar-refractivity contribution in [3.63, 3.8) is 0 Å². The van der Waals surface area contributed by atoms with E-state index < -0.39 is 12.0 Å². The Hall–Kier alpha value is -2.83. The fourth-order valence-electron chi connectivity index (χ4n) is 1.67. The molecule has 1 aromatic carbocycles. The lowest BCUT2D eigenvalue weighted by Crippen LogP contribution is -2.28. The summed E-state index contributed by atoms with van der Waals surface area (Å²) < 4.78 is 4.84. The van der Waals surface area contributed by atoms with Gasteiger partial charge in [0.05, 0.1) is 18.3 Å². The Morgan fingerprint density at radius 2 is 2.15 bits per heavy atom. The second kappa shape index (κ2) is 5.87. The minimum atomic E-state index is -1.03. The van der Waals surface area contributed by atoms with Gasteiger partial charge in [0.1, 0.15) is 0 Å². The van der Waals surface area contributed by atoms with Crippen LogP contribution in [-0.4, -0.2) is 22.3 Å². The molecule has 0 spiro atoms. The Labute approximate surface area is 114 Å². The molecule has 2 aromatic rings. The van der Waals surface area contributed by atoms with Gasteiger partial charge in [-0.3, -0.25) is 0 Å². The Morgan fingerprint density at radius 1 is 1.35 bits per heavy atom. The second-order valence-corrected chi connectivity index (χ2v) is 4.07. The zero-order chi connectivity index (χ0) is 14.5. The summed E-state index contributed by atoms with van der Waals surface area (Å²) in [5.74, 6) is -0.510. The van der Waals surface area contributed by atoms with Crippen molar-refractivity contribution >= 4 is 17.7 Å². The van der Waals surface area contributed by atoms with E-state index in [0.717, 1.165) is 0 Å². The van der Waals surface area contributed by atoms with Crippen LogP contribution in [0.4, 0.5) is 10.5 Å². The van der Waals surface area contributed by atoms with Crippen molar-refractivity contribution < 1.29 is 19.2 Å². The molecule has 2 amide bonds. The van der Waals surface area contributed by atoms with Crippen LogP contribution in [0.25, 0.3) is 0 Å². The number of urea groups is 1. The highest BCUT2D eigenvalue weighted by Gasteiger charge is 2.11. The van der Waals surface area contributed by atoms with Gasteiger partial charge in [0, 0.05) is 11.8 Å². The molecule has 0 fully saturated rings. The molecule has 104 valence electrons. The number of aromatic nitrogens is 1. The number of carbonyl (C=O) groups excluding carboxylic acids is 1. The summed E-state index contributed by atoms with van der Waals surface area (Å²) in [6, 6.07) is 5.87. The number of carboxylic acids is 1. The van der Waals surface area contributed by atoms with E-state index in [1.807, 2.05) is 0 Å². The monoisotopic (exact) mass is 275 g/mol. The highest BCUT2D eigenvalue weighted by Crippen LogP contribution is 2.18. The average molecular weight is 275 g/mol. The molecule has 3 N–H and O–H groups in total. The minimum absolute atomic E-state index is 0.151. The van der Waals surface area contributed by atoms with Gasteiger partial charge in [0.25, 0.3) is 0 Å². The van der Waals surface area contributed by atoms with Gasteiger partial charge in [0.15, 0.2) is 5.76 Å². The van der Waals surface area contributed by atoms with Crippen LogP contribution in [0, 0.1) is 6.92 Å². The molecule has 0 saturated heterocycles. The normalized spacial score (nSPS) is 10.1. The van der Waals surface area contributed by atoms with Crippen molar-refractivity contribution in [1.82, 2.24) is 10.5 Å². The Kier molecular flexibility index (Phi) is 3.99. The smallest absolute Gasteiger partial charge is 0.336 e. The summed E-state index contributed by atoms with van der Waals surface area (Å²) in [7, 11) is 0. The highest BCUT2D eigenvalue weighted by atomic mass is 16.5. The first-order valence-corrected chi connectivity index (χ1v) is 5.85. The molecule has 0 aliphatic carbocycles. The van der Waals surface area contributed by atoms with Crippen molar-refractivity contribution in [2.75, 3.05) is 5.32 Å². The summed E-state index contributed by atoms with van der Waals surface area (Å²) in [4.78, 5) is 22.7. The van der Waals surface area contributed by atoms with Crippen LogP contribution in [0.2, 0.25) is 0 Å². The lowest BCUT2D eigenvalue weighted by Gasteiger charge is -2.10. The zero-order valence-corrected chi connectivity index (χ0v) is 10.7. The van der Waals surface area contributed by atoms with Gasteiger partial charge >= 0.3 is 12.0 Å². The Bertz CT molecular complexity index is 623. The molecule has 0 bridgehead atoms. The molecule has 0 unspecified atom stereocenters. The Morgan fingerprint density at radius 3 is 2.80 bits per heavy atom. The van der Waals surface area contributed by atoms with E-state index in [0.29, 0.717) is 17.0 Å². The minimum Gasteiger partial charge on any atom is -0.478 e. The van der Waals surface area contributed by atoms with Gasteiger partial charge in [-0.1, -0.05) is 11.2 Å². The van der Waals surface area contributed by atoms with Crippen LogP contribution < -0.4 is 10.6 Å². The molecular weight excluding hydrogens is 262 g/mol. The van der Waals surface area contributed by atoms with Crippen molar-refractivity contribution in [2.24, 2.45) is 0 Å². The summed E-state index contributed by atoms with van der Waals surface area (Å²) in [5.41, 5.74) is 1.09. The molecule has 7 nitrogen and oxygen atoms in total. The molecular formula is C13H13N3O4. The predicted molar refractivity (Wildman–Crippen MR) is 70.5 cm³/mol. The van der Waals surface area contributed by atoms with Gasteiger partial charge in [-0.05, 0) is 24.6 Å². The van der Waals surface area contributed by atoms with Crippen LogP contribution >= 0.6 is 0 Å². The van der Waals surface area contributed by atoms with Gasteiger partial charge in [-0.2, -0.15) is 0 Å². The fourth-order valence-corrected chi connectivity index (χ4v) is 1.67. The third kappa shape index (κ3) is 3.14. The van der Waals surface area contributed by atoms with Crippen LogP contribution in [0.3, 0.4) is 0 Å². The second-order valence-electron chi connectivity index (χ2n) is 4.07. The third-order valence-corrected chi connectivity index (χ3v) is 2.73. The molecule has 0 saturated carbocycles. The molecule has 0 aliphatic heterocycles. The lowest BCUT2D eigenvalue weighted by molar-refractivity contribution is 0.0696. The number of rotatable bonds is 4. The van der Waals surface area contributed by atoms with E-state index in [1.165, 1.54) is 12.3 Å². The number of aromatic carboxylic acids is 1. The largest absolute Gasteiger partial charge is 0.478 e. The summed E-state index contributed by atoms with van der Waals surface area (Å²) in [6.45, 7) is 1.83. The van der Waals surface area contributed by atoms with Crippen molar-refractivity contribution in [3.05, 3.63) is 47.3 Å². The third-order valence-electron chi connectivity index (χ3n) is 2.73. The number of anilines is 1. The van der Waals surface area contributed by atoms with Crippen LogP contribution in [-0.2, 0) is 6.54 Å². The van der Waals surface area contributed by atoms with Gasteiger partial charge in [-0.25, -0.2) is 9.59 Å². The molecule has 0 atom stereocenters. The quantitative estimate of drug-likeness (QED) is 0.791. The zero-order valence-electron chi connectivity index (χ0n) is 10.7. The summed E-state index contributed by atoms with van der Waals surface area (Å²) >= 11 is 0. The van der Waals surface area contributed by atoms with E-state index in [2.05, 4.69) is 15.8 Å². The number of hydrogen-bond acceptors (Lipinski definition) is 4. The lowest BCUT2D eigenvalue weighted by atomic mass is 10.1. The topological polar surface area (TPSA) is 104 Å². The maximum absolute atomic E-state index is 11.7. The maximum Gasteiger partial charge on any atom is 0.336 e. The number of hydrogen-bond donors (Lipinski definition) is 3. The van der Waals surface area contributed by atoms with Crippen LogP contribution in [0.15, 0.2) is 35.0 Å². The number of nitrogens with one attached hydrogen (secondary N) is 2. The van der Waals surface area contributed by atoms with Crippen LogP contribution in [0.1, 0.15) is 21.7 Å². The molecule has 0 radical (unpaired) electrons. The first-order valence-electron chi connectivity index (χ1n) is 5.85. The molecule has 20 heavy (non-hydrogen) atoms. The van der Waals surface area contributed by atoms with Gasteiger partial charge in [-0.15, -0.1) is 0 Å². The number of carbonyl (C=O) groups is 2. The van der Waals surface area contributed by atoms with E-state index in [4.69, 9.17) is 9.63 Å². The average Bonchev–Trinajstić information content (AvgIpc) is 2.91. The van der Waals surface area contributed by atoms with E-state index in [9.17, 15) is 9.59 Å². The van der Waals surface area contributed by atoms with Crippen molar-refractivity contribution in [2.45, 2.75) is 13.5 Å². The predicted octanol–water partition coefficient (Wildman–Crippen LogP) is 2.00. The number of nitrogens with zero attached hydrogens (tertiary/aromatic N) is 1. The van der Waals surface area contributed by atoms with Gasteiger partial charge < -0.3 is 20.3 Å². The first-order chi connectivity index (χ1) is 9.58. The van der Waals surface area contributed by atoms with Crippen molar-refractivity contribution in [3.8, 4) is 0 Å². The van der Waals surface area contributed by atoms with E-state index >= 15 is 0 Å². The molecule has 1 heterocycles. The highest BCUT2D eigenvalue weighted by molar-refractivity contribution is 5.95. The Balaban J connectivity index is 2.01. The first kappa shape index (κ1) is 13.6. The standard InChI is InChI=1S/C13H13N3O4/c1-8-10(12(17)18)3-2-4-11(8)16-13(19)14-7-9-5-6-15-20-9/h2-6H,7H2,1H3,(H,17,18)(H2,14,16,19). The molecule has 7 heteroatoms. The number of carboxylic acid groups (broad SMARTS) is 1. The van der Waals surface area contributed by atoms with Crippen LogP contribution in [0.5, 0.6) is 0 Å². The summed E-state index contributed by atoms with van der Waals surface area (Å²) in [5, 5.41) is 17.7. The number of benzene rings is 1. The fraction of sp³-hybridized carbons (Fsp3) is 0.154. The number of amides is 2. The SMILES string of the molecule is Cc1c(NC(=O)NCc2ccno2)cccc1C(=O)O. The molecule has 0 aliphatic rings. The van der Waals surface area contributed by atoms with Crippen molar-refractivity contribution in [1.29, 1.82) is 0 Å². The summed E-state index contributed by atoms with van der Waals surface area (Å²) in [6.07, 6.45) is 1.48. The molecule has 1 aromatic heterocycles. The van der Waals surface area contributed by atoms with E-state index in [1.54, 1.807) is 25.1 Å².